The fraction of sp³-hybridized carbons (Fsp3) is 0.385. The Labute approximate surface area is 104 Å². The largest absolute Gasteiger partial charge is 0.378 e. The molecule has 1 nitrogen and oxygen atoms in total. The lowest BCUT2D eigenvalue weighted by atomic mass is 10.0. The summed E-state index contributed by atoms with van der Waals surface area (Å²) < 4.78 is 1.14. The summed E-state index contributed by atoms with van der Waals surface area (Å²) in [6.07, 6.45) is 3.83. The van der Waals surface area contributed by atoms with Crippen LogP contribution in [0.5, 0.6) is 0 Å². The smallest absolute Gasteiger partial charge is 0.125 e. The third-order valence-corrected chi connectivity index (χ3v) is 3.68. The van der Waals surface area contributed by atoms with E-state index in [1.807, 2.05) is 24.3 Å². The van der Waals surface area contributed by atoms with E-state index in [0.717, 1.165) is 34.8 Å². The molecule has 1 saturated carbocycles. The van der Waals surface area contributed by atoms with Crippen molar-refractivity contribution in [1.82, 2.24) is 0 Å². The van der Waals surface area contributed by atoms with Gasteiger partial charge in [-0.1, -0.05) is 24.0 Å². The first-order valence-electron chi connectivity index (χ1n) is 5.20. The zero-order chi connectivity index (χ0) is 10.7. The zero-order valence-electron chi connectivity index (χ0n) is 8.46. The molecule has 1 fully saturated rings. The highest BCUT2D eigenvalue weighted by atomic mass is 127. The summed E-state index contributed by atoms with van der Waals surface area (Å²) in [7, 11) is 0. The quantitative estimate of drug-likeness (QED) is 0.577. The van der Waals surface area contributed by atoms with Gasteiger partial charge in [0.05, 0.1) is 0 Å². The number of halogens is 1. The number of hydrogen-bond donors (Lipinski definition) is 1. The molecule has 1 aromatic carbocycles. The van der Waals surface area contributed by atoms with Crippen molar-refractivity contribution < 1.29 is 5.11 Å². The molecule has 0 bridgehead atoms. The third kappa shape index (κ3) is 2.73. The van der Waals surface area contributed by atoms with Crippen LogP contribution in [0.3, 0.4) is 0 Å². The van der Waals surface area contributed by atoms with Crippen LogP contribution >= 0.6 is 22.6 Å². The molecule has 2 heteroatoms. The Hall–Kier alpha value is -0.530. The van der Waals surface area contributed by atoms with E-state index in [2.05, 4.69) is 34.4 Å². The molecule has 0 amide bonds. The standard InChI is InChI=1S/C13H13IO/c14-12-6-2-1-5-11(12)7-10-13(15)8-3-4-9-13/h1-2,5-6,15H,3-4,8-9H2. The second-order valence-electron chi connectivity index (χ2n) is 3.97. The van der Waals surface area contributed by atoms with Crippen LogP contribution in [0.1, 0.15) is 31.2 Å². The van der Waals surface area contributed by atoms with E-state index >= 15 is 0 Å². The summed E-state index contributed by atoms with van der Waals surface area (Å²) in [5, 5.41) is 10.1. The second-order valence-corrected chi connectivity index (χ2v) is 5.13. The molecule has 78 valence electrons. The predicted octanol–water partition coefficient (Wildman–Crippen LogP) is 2.95. The Balaban J connectivity index is 2.21. The Morgan fingerprint density at radius 1 is 1.20 bits per heavy atom. The van der Waals surface area contributed by atoms with Gasteiger partial charge < -0.3 is 5.11 Å². The second kappa shape index (κ2) is 4.54. The van der Waals surface area contributed by atoms with Crippen molar-refractivity contribution in [2.75, 3.05) is 0 Å². The van der Waals surface area contributed by atoms with Crippen molar-refractivity contribution in [2.45, 2.75) is 31.3 Å². The molecule has 1 aliphatic rings. The van der Waals surface area contributed by atoms with Gasteiger partial charge in [-0.3, -0.25) is 0 Å². The van der Waals surface area contributed by atoms with Gasteiger partial charge in [-0.05, 0) is 60.4 Å². The Morgan fingerprint density at radius 2 is 1.87 bits per heavy atom. The molecule has 15 heavy (non-hydrogen) atoms. The molecule has 0 aliphatic heterocycles. The summed E-state index contributed by atoms with van der Waals surface area (Å²) in [5.74, 6) is 6.10. The summed E-state index contributed by atoms with van der Waals surface area (Å²) in [5.41, 5.74) is 0.289. The van der Waals surface area contributed by atoms with Gasteiger partial charge in [-0.25, -0.2) is 0 Å². The van der Waals surface area contributed by atoms with Crippen molar-refractivity contribution in [3.8, 4) is 11.8 Å². The molecule has 0 radical (unpaired) electrons. The van der Waals surface area contributed by atoms with Crippen LogP contribution in [0.2, 0.25) is 0 Å². The average Bonchev–Trinajstić information content (AvgIpc) is 2.65. The lowest BCUT2D eigenvalue weighted by Gasteiger charge is -2.12. The van der Waals surface area contributed by atoms with Crippen LogP contribution in [-0.4, -0.2) is 10.7 Å². The van der Waals surface area contributed by atoms with Crippen molar-refractivity contribution in [3.05, 3.63) is 33.4 Å². The molecule has 1 aliphatic carbocycles. The van der Waals surface area contributed by atoms with Gasteiger partial charge in [0, 0.05) is 9.13 Å². The maximum Gasteiger partial charge on any atom is 0.125 e. The van der Waals surface area contributed by atoms with E-state index in [0.29, 0.717) is 0 Å². The molecular weight excluding hydrogens is 299 g/mol. The van der Waals surface area contributed by atoms with Gasteiger partial charge in [-0.2, -0.15) is 0 Å². The molecule has 0 unspecified atom stereocenters. The summed E-state index contributed by atoms with van der Waals surface area (Å²) >= 11 is 2.27. The van der Waals surface area contributed by atoms with Crippen LogP contribution in [0.4, 0.5) is 0 Å². The topological polar surface area (TPSA) is 20.2 Å². The highest BCUT2D eigenvalue weighted by Crippen LogP contribution is 2.28. The molecule has 0 saturated heterocycles. The molecular formula is C13H13IO. The van der Waals surface area contributed by atoms with E-state index in [4.69, 9.17) is 0 Å². The molecule has 1 N–H and O–H groups in total. The van der Waals surface area contributed by atoms with Crippen molar-refractivity contribution in [3.63, 3.8) is 0 Å². The summed E-state index contributed by atoms with van der Waals surface area (Å²) in [6, 6.07) is 8.00. The molecule has 0 atom stereocenters. The monoisotopic (exact) mass is 312 g/mol. The third-order valence-electron chi connectivity index (χ3n) is 2.73. The minimum Gasteiger partial charge on any atom is -0.378 e. The van der Waals surface area contributed by atoms with Crippen LogP contribution in [-0.2, 0) is 0 Å². The minimum atomic E-state index is -0.723. The Kier molecular flexibility index (Phi) is 3.32. The summed E-state index contributed by atoms with van der Waals surface area (Å²) in [4.78, 5) is 0. The van der Waals surface area contributed by atoms with E-state index < -0.39 is 5.60 Å². The van der Waals surface area contributed by atoms with E-state index in [9.17, 15) is 5.11 Å². The highest BCUT2D eigenvalue weighted by Gasteiger charge is 2.28. The van der Waals surface area contributed by atoms with Crippen LogP contribution in [0.15, 0.2) is 24.3 Å². The van der Waals surface area contributed by atoms with Gasteiger partial charge >= 0.3 is 0 Å². The predicted molar refractivity (Wildman–Crippen MR) is 69.5 cm³/mol. The normalized spacial score (nSPS) is 18.3. The molecule has 0 heterocycles. The lowest BCUT2D eigenvalue weighted by molar-refractivity contribution is 0.110. The van der Waals surface area contributed by atoms with Gasteiger partial charge in [0.25, 0.3) is 0 Å². The zero-order valence-corrected chi connectivity index (χ0v) is 10.6. The van der Waals surface area contributed by atoms with Gasteiger partial charge in [0.1, 0.15) is 5.60 Å². The molecule has 1 aromatic rings. The van der Waals surface area contributed by atoms with Crippen molar-refractivity contribution >= 4 is 22.6 Å². The maximum atomic E-state index is 10.1. The fourth-order valence-electron chi connectivity index (χ4n) is 1.83. The SMILES string of the molecule is OC1(C#Cc2ccccc2I)CCCC1. The molecule has 0 aromatic heterocycles. The highest BCUT2D eigenvalue weighted by molar-refractivity contribution is 14.1. The minimum absolute atomic E-state index is 0.723. The van der Waals surface area contributed by atoms with Crippen LogP contribution < -0.4 is 0 Å². The molecule has 0 spiro atoms. The van der Waals surface area contributed by atoms with Gasteiger partial charge in [0.15, 0.2) is 0 Å². The van der Waals surface area contributed by atoms with Crippen LogP contribution in [0, 0.1) is 15.4 Å². The first-order chi connectivity index (χ1) is 7.20. The lowest BCUT2D eigenvalue weighted by Crippen LogP contribution is -2.20. The molecule has 2 rings (SSSR count). The summed E-state index contributed by atoms with van der Waals surface area (Å²) in [6.45, 7) is 0. The van der Waals surface area contributed by atoms with E-state index in [1.54, 1.807) is 0 Å². The number of rotatable bonds is 0. The first-order valence-corrected chi connectivity index (χ1v) is 6.28. The average molecular weight is 312 g/mol. The number of hydrogen-bond acceptors (Lipinski definition) is 1. The maximum absolute atomic E-state index is 10.1. The Morgan fingerprint density at radius 3 is 2.53 bits per heavy atom. The Bertz CT molecular complexity index is 408. The van der Waals surface area contributed by atoms with Gasteiger partial charge in [0.2, 0.25) is 0 Å². The fourth-order valence-corrected chi connectivity index (χ4v) is 2.35. The number of benzene rings is 1. The first kappa shape index (κ1) is 11.0. The van der Waals surface area contributed by atoms with Gasteiger partial charge in [-0.15, -0.1) is 0 Å². The van der Waals surface area contributed by atoms with Crippen molar-refractivity contribution in [2.24, 2.45) is 0 Å². The van der Waals surface area contributed by atoms with E-state index in [-0.39, 0.29) is 0 Å². The number of aliphatic hydroxyl groups is 1. The van der Waals surface area contributed by atoms with Crippen LogP contribution in [0.25, 0.3) is 0 Å². The van der Waals surface area contributed by atoms with E-state index in [1.165, 1.54) is 0 Å². The van der Waals surface area contributed by atoms with Crippen molar-refractivity contribution in [1.29, 1.82) is 0 Å².